The lowest BCUT2D eigenvalue weighted by molar-refractivity contribution is -0.118. The van der Waals surface area contributed by atoms with Gasteiger partial charge in [0.15, 0.2) is 0 Å². The van der Waals surface area contributed by atoms with Crippen molar-refractivity contribution < 1.29 is 4.79 Å². The first-order valence-electron chi connectivity index (χ1n) is 5.87. The first kappa shape index (κ1) is 12.9. The van der Waals surface area contributed by atoms with Crippen LogP contribution in [0.15, 0.2) is 6.07 Å². The van der Waals surface area contributed by atoms with Crippen molar-refractivity contribution >= 4 is 5.78 Å². The summed E-state index contributed by atoms with van der Waals surface area (Å²) < 4.78 is 1.88. The van der Waals surface area contributed by atoms with Gasteiger partial charge < -0.3 is 5.73 Å². The first-order valence-corrected chi connectivity index (χ1v) is 5.87. The van der Waals surface area contributed by atoms with E-state index in [1.165, 1.54) is 0 Å². The van der Waals surface area contributed by atoms with Crippen molar-refractivity contribution in [2.75, 3.05) is 0 Å². The normalized spacial score (nSPS) is 12.8. The van der Waals surface area contributed by atoms with Gasteiger partial charge in [-0.2, -0.15) is 5.10 Å². The maximum Gasteiger partial charge on any atom is 0.140 e. The summed E-state index contributed by atoms with van der Waals surface area (Å²) in [4.78, 5) is 11.7. The van der Waals surface area contributed by atoms with Gasteiger partial charge in [-0.05, 0) is 26.3 Å². The van der Waals surface area contributed by atoms with Gasteiger partial charge in [0.25, 0.3) is 0 Å². The van der Waals surface area contributed by atoms with Gasteiger partial charge in [-0.25, -0.2) is 0 Å². The van der Waals surface area contributed by atoms with Crippen molar-refractivity contribution in [2.45, 2.75) is 52.6 Å². The maximum atomic E-state index is 11.7. The van der Waals surface area contributed by atoms with Crippen LogP contribution in [-0.4, -0.2) is 21.6 Å². The Hall–Kier alpha value is -1.16. The number of aryl methyl sites for hydroxylation is 2. The number of Topliss-reactive ketones (excluding diaryl/α,β-unsaturated/α-hetero) is 1. The summed E-state index contributed by atoms with van der Waals surface area (Å²) in [6.07, 6.45) is 1.75. The number of carbonyl (C=O) groups excluding carboxylic acids is 1. The van der Waals surface area contributed by atoms with Gasteiger partial charge in [-0.3, -0.25) is 9.48 Å². The molecule has 0 amide bonds. The fourth-order valence-corrected chi connectivity index (χ4v) is 1.73. The highest BCUT2D eigenvalue weighted by molar-refractivity contribution is 5.81. The van der Waals surface area contributed by atoms with Crippen LogP contribution in [0.2, 0.25) is 0 Å². The second kappa shape index (κ2) is 5.80. The molecular formula is C12H21N3O. The van der Waals surface area contributed by atoms with E-state index >= 15 is 0 Å². The monoisotopic (exact) mass is 223 g/mol. The average Bonchev–Trinajstić information content (AvgIpc) is 2.58. The molecule has 0 aromatic carbocycles. The van der Waals surface area contributed by atoms with Gasteiger partial charge in [0, 0.05) is 31.1 Å². The van der Waals surface area contributed by atoms with Crippen molar-refractivity contribution in [1.29, 1.82) is 0 Å². The first-order chi connectivity index (χ1) is 7.56. The quantitative estimate of drug-likeness (QED) is 0.794. The SMILES string of the molecule is CCC(N)CC(=O)Cc1cc(C)nn1CC. The molecule has 0 saturated heterocycles. The van der Waals surface area contributed by atoms with Crippen LogP contribution >= 0.6 is 0 Å². The van der Waals surface area contributed by atoms with Gasteiger partial charge in [0.05, 0.1) is 5.69 Å². The predicted octanol–water partition coefficient (Wildman–Crippen LogP) is 1.45. The zero-order chi connectivity index (χ0) is 12.1. The number of hydrogen-bond donors (Lipinski definition) is 1. The molecule has 0 fully saturated rings. The minimum Gasteiger partial charge on any atom is -0.327 e. The third-order valence-corrected chi connectivity index (χ3v) is 2.68. The number of nitrogens with two attached hydrogens (primary N) is 1. The van der Waals surface area contributed by atoms with Gasteiger partial charge in [-0.1, -0.05) is 6.92 Å². The van der Waals surface area contributed by atoms with Crippen LogP contribution in [0, 0.1) is 6.92 Å². The molecule has 0 aliphatic heterocycles. The lowest BCUT2D eigenvalue weighted by Crippen LogP contribution is -2.24. The summed E-state index contributed by atoms with van der Waals surface area (Å²) in [5.41, 5.74) is 7.72. The van der Waals surface area contributed by atoms with Crippen LogP contribution in [0.1, 0.15) is 38.1 Å². The molecule has 4 heteroatoms. The van der Waals surface area contributed by atoms with Crippen LogP contribution in [0.4, 0.5) is 0 Å². The highest BCUT2D eigenvalue weighted by Gasteiger charge is 2.12. The number of nitrogens with zero attached hydrogens (tertiary/aromatic N) is 2. The number of hydrogen-bond acceptors (Lipinski definition) is 3. The van der Waals surface area contributed by atoms with Crippen molar-refractivity contribution in [1.82, 2.24) is 9.78 Å². The number of carbonyl (C=O) groups is 1. The van der Waals surface area contributed by atoms with Crippen LogP contribution in [0.25, 0.3) is 0 Å². The van der Waals surface area contributed by atoms with Gasteiger partial charge in [0.2, 0.25) is 0 Å². The van der Waals surface area contributed by atoms with Gasteiger partial charge in [0.1, 0.15) is 5.78 Å². The molecule has 1 aromatic heterocycles. The third-order valence-electron chi connectivity index (χ3n) is 2.68. The zero-order valence-corrected chi connectivity index (χ0v) is 10.4. The molecule has 0 saturated carbocycles. The summed E-state index contributed by atoms with van der Waals surface area (Å²) in [5.74, 6) is 0.198. The van der Waals surface area contributed by atoms with Crippen LogP contribution in [-0.2, 0) is 17.8 Å². The third kappa shape index (κ3) is 3.45. The zero-order valence-electron chi connectivity index (χ0n) is 10.4. The largest absolute Gasteiger partial charge is 0.327 e. The molecule has 90 valence electrons. The molecule has 1 aromatic rings. The smallest absolute Gasteiger partial charge is 0.140 e. The van der Waals surface area contributed by atoms with Crippen molar-refractivity contribution in [2.24, 2.45) is 5.73 Å². The number of aromatic nitrogens is 2. The second-order valence-electron chi connectivity index (χ2n) is 4.18. The van der Waals surface area contributed by atoms with E-state index in [1.54, 1.807) is 0 Å². The van der Waals surface area contributed by atoms with E-state index in [0.717, 1.165) is 24.4 Å². The molecule has 1 unspecified atom stereocenters. The van der Waals surface area contributed by atoms with Crippen LogP contribution in [0.5, 0.6) is 0 Å². The molecule has 0 spiro atoms. The Balaban J connectivity index is 2.61. The van der Waals surface area contributed by atoms with Gasteiger partial charge in [-0.15, -0.1) is 0 Å². The molecule has 0 radical (unpaired) electrons. The van der Waals surface area contributed by atoms with E-state index in [2.05, 4.69) is 5.10 Å². The molecule has 1 atom stereocenters. The fourth-order valence-electron chi connectivity index (χ4n) is 1.73. The Kier molecular flexibility index (Phi) is 4.68. The summed E-state index contributed by atoms with van der Waals surface area (Å²) in [6, 6.07) is 1.96. The second-order valence-corrected chi connectivity index (χ2v) is 4.18. The minimum absolute atomic E-state index is 0.00778. The van der Waals surface area contributed by atoms with E-state index in [-0.39, 0.29) is 11.8 Å². The highest BCUT2D eigenvalue weighted by atomic mass is 16.1. The summed E-state index contributed by atoms with van der Waals surface area (Å²) in [6.45, 7) is 6.77. The Labute approximate surface area is 96.8 Å². The van der Waals surface area contributed by atoms with E-state index < -0.39 is 0 Å². The Morgan fingerprint density at radius 2 is 2.25 bits per heavy atom. The fraction of sp³-hybridized carbons (Fsp3) is 0.667. The van der Waals surface area contributed by atoms with Gasteiger partial charge >= 0.3 is 0 Å². The van der Waals surface area contributed by atoms with E-state index in [0.29, 0.717) is 12.8 Å². The minimum atomic E-state index is -0.00778. The Bertz CT molecular complexity index is 357. The molecule has 1 heterocycles. The molecule has 2 N–H and O–H groups in total. The molecule has 0 aliphatic rings. The lowest BCUT2D eigenvalue weighted by Gasteiger charge is -2.08. The Morgan fingerprint density at radius 3 is 2.81 bits per heavy atom. The van der Waals surface area contributed by atoms with Crippen molar-refractivity contribution in [3.8, 4) is 0 Å². The number of rotatable bonds is 6. The standard InChI is InChI=1S/C12H21N3O/c1-4-10(13)7-12(16)8-11-6-9(3)14-15(11)5-2/h6,10H,4-5,7-8,13H2,1-3H3. The van der Waals surface area contributed by atoms with E-state index in [1.807, 2.05) is 31.5 Å². The topological polar surface area (TPSA) is 60.9 Å². The Morgan fingerprint density at radius 1 is 1.56 bits per heavy atom. The van der Waals surface area contributed by atoms with Crippen molar-refractivity contribution in [3.63, 3.8) is 0 Å². The van der Waals surface area contributed by atoms with Crippen molar-refractivity contribution in [3.05, 3.63) is 17.5 Å². The molecule has 16 heavy (non-hydrogen) atoms. The summed E-state index contributed by atoms with van der Waals surface area (Å²) >= 11 is 0. The highest BCUT2D eigenvalue weighted by Crippen LogP contribution is 2.07. The molecule has 1 rings (SSSR count). The molecule has 0 aliphatic carbocycles. The lowest BCUT2D eigenvalue weighted by atomic mass is 10.1. The number of ketones is 1. The van der Waals surface area contributed by atoms with Crippen LogP contribution in [0.3, 0.4) is 0 Å². The van der Waals surface area contributed by atoms with Crippen LogP contribution < -0.4 is 5.73 Å². The van der Waals surface area contributed by atoms with E-state index in [4.69, 9.17) is 5.73 Å². The average molecular weight is 223 g/mol. The van der Waals surface area contributed by atoms with E-state index in [9.17, 15) is 4.79 Å². The molecular weight excluding hydrogens is 202 g/mol. The summed E-state index contributed by atoms with van der Waals surface area (Å²) in [5, 5.41) is 4.31. The molecule has 0 bridgehead atoms. The molecule has 4 nitrogen and oxygen atoms in total. The predicted molar refractivity (Wildman–Crippen MR) is 64.2 cm³/mol. The maximum absolute atomic E-state index is 11.7. The summed E-state index contributed by atoms with van der Waals surface area (Å²) in [7, 11) is 0.